The van der Waals surface area contributed by atoms with Gasteiger partial charge in [-0.1, -0.05) is 24.3 Å². The van der Waals surface area contributed by atoms with Crippen molar-refractivity contribution in [3.05, 3.63) is 65.9 Å². The first-order valence-electron chi connectivity index (χ1n) is 6.39. The average molecular weight is 285 g/mol. The van der Waals surface area contributed by atoms with Crippen LogP contribution in [0.5, 0.6) is 0 Å². The SMILES string of the molecule is Cc1ccc(S(=O)(=O)n2ccc3ccccc32)cc1C. The normalized spacial score (nSPS) is 11.9. The van der Waals surface area contributed by atoms with Crippen molar-refractivity contribution in [3.8, 4) is 0 Å². The maximum absolute atomic E-state index is 12.7. The lowest BCUT2D eigenvalue weighted by atomic mass is 10.1. The maximum atomic E-state index is 12.7. The number of nitrogens with zero attached hydrogens (tertiary/aromatic N) is 1. The highest BCUT2D eigenvalue weighted by atomic mass is 32.2. The highest BCUT2D eigenvalue weighted by Crippen LogP contribution is 2.23. The first kappa shape index (κ1) is 12.9. The van der Waals surface area contributed by atoms with Crippen LogP contribution in [0.2, 0.25) is 0 Å². The number of para-hydroxylation sites is 1. The molecule has 0 bridgehead atoms. The second-order valence-electron chi connectivity index (χ2n) is 4.92. The summed E-state index contributed by atoms with van der Waals surface area (Å²) < 4.78 is 26.8. The van der Waals surface area contributed by atoms with E-state index in [1.807, 2.05) is 50.2 Å². The molecule has 0 unspecified atom stereocenters. The van der Waals surface area contributed by atoms with E-state index in [1.165, 1.54) is 3.97 Å². The number of fused-ring (bicyclic) bond motifs is 1. The molecule has 3 rings (SSSR count). The van der Waals surface area contributed by atoms with Crippen LogP contribution in [0.1, 0.15) is 11.1 Å². The third-order valence-corrected chi connectivity index (χ3v) is 5.28. The van der Waals surface area contributed by atoms with Gasteiger partial charge in [0.2, 0.25) is 0 Å². The van der Waals surface area contributed by atoms with E-state index in [9.17, 15) is 8.42 Å². The van der Waals surface area contributed by atoms with Crippen molar-refractivity contribution < 1.29 is 8.42 Å². The largest absolute Gasteiger partial charge is 0.268 e. The highest BCUT2D eigenvalue weighted by Gasteiger charge is 2.18. The van der Waals surface area contributed by atoms with E-state index in [-0.39, 0.29) is 0 Å². The van der Waals surface area contributed by atoms with Gasteiger partial charge in [0.15, 0.2) is 0 Å². The molecule has 102 valence electrons. The molecule has 0 aliphatic heterocycles. The summed E-state index contributed by atoms with van der Waals surface area (Å²) >= 11 is 0. The zero-order valence-electron chi connectivity index (χ0n) is 11.4. The average Bonchev–Trinajstić information content (AvgIpc) is 2.86. The summed E-state index contributed by atoms with van der Waals surface area (Å²) in [7, 11) is -3.54. The van der Waals surface area contributed by atoms with Crippen molar-refractivity contribution in [2.24, 2.45) is 0 Å². The predicted octanol–water partition coefficient (Wildman–Crippen LogP) is 3.50. The van der Waals surface area contributed by atoms with Crippen LogP contribution < -0.4 is 0 Å². The molecule has 4 heteroatoms. The Bertz CT molecular complexity index is 892. The summed E-state index contributed by atoms with van der Waals surface area (Å²) in [4.78, 5) is 0.321. The van der Waals surface area contributed by atoms with Crippen LogP contribution in [0.15, 0.2) is 59.6 Å². The third kappa shape index (κ3) is 1.93. The fourth-order valence-corrected chi connectivity index (χ4v) is 3.69. The van der Waals surface area contributed by atoms with E-state index >= 15 is 0 Å². The lowest BCUT2D eigenvalue weighted by molar-refractivity contribution is 0.589. The molecule has 20 heavy (non-hydrogen) atoms. The molecule has 3 aromatic rings. The molecule has 2 aromatic carbocycles. The minimum absolute atomic E-state index is 0.321. The van der Waals surface area contributed by atoms with E-state index in [4.69, 9.17) is 0 Å². The zero-order chi connectivity index (χ0) is 14.3. The van der Waals surface area contributed by atoms with Crippen LogP contribution in [0.4, 0.5) is 0 Å². The van der Waals surface area contributed by atoms with Crippen LogP contribution >= 0.6 is 0 Å². The number of hydrogen-bond donors (Lipinski definition) is 0. The predicted molar refractivity (Wildman–Crippen MR) is 80.4 cm³/mol. The van der Waals surface area contributed by atoms with Gasteiger partial charge in [-0.3, -0.25) is 0 Å². The summed E-state index contributed by atoms with van der Waals surface area (Å²) in [6, 6.07) is 14.5. The van der Waals surface area contributed by atoms with Gasteiger partial charge in [-0.25, -0.2) is 12.4 Å². The Morgan fingerprint density at radius 1 is 0.900 bits per heavy atom. The Balaban J connectivity index is 2.23. The number of aryl methyl sites for hydroxylation is 2. The van der Waals surface area contributed by atoms with Gasteiger partial charge in [0.1, 0.15) is 0 Å². The molecular weight excluding hydrogens is 270 g/mol. The van der Waals surface area contributed by atoms with Crippen molar-refractivity contribution >= 4 is 20.9 Å². The minimum Gasteiger partial charge on any atom is -0.241 e. The molecule has 3 nitrogen and oxygen atoms in total. The van der Waals surface area contributed by atoms with Gasteiger partial charge in [-0.05, 0) is 49.2 Å². The second kappa shape index (κ2) is 4.49. The number of aromatic nitrogens is 1. The molecular formula is C16H15NO2S. The Hall–Kier alpha value is -2.07. The summed E-state index contributed by atoms with van der Waals surface area (Å²) in [5.74, 6) is 0. The first-order chi connectivity index (χ1) is 9.50. The number of benzene rings is 2. The molecule has 0 aliphatic carbocycles. The van der Waals surface area contributed by atoms with Crippen molar-refractivity contribution in [1.82, 2.24) is 3.97 Å². The molecule has 1 heterocycles. The molecule has 0 atom stereocenters. The third-order valence-electron chi connectivity index (χ3n) is 3.60. The van der Waals surface area contributed by atoms with Gasteiger partial charge in [0.05, 0.1) is 10.4 Å². The topological polar surface area (TPSA) is 39.1 Å². The number of rotatable bonds is 2. The zero-order valence-corrected chi connectivity index (χ0v) is 12.2. The standard InChI is InChI=1S/C16H15NO2S/c1-12-7-8-15(11-13(12)2)20(18,19)17-10-9-14-5-3-4-6-16(14)17/h3-11H,1-2H3. The lowest BCUT2D eigenvalue weighted by Gasteiger charge is -2.09. The van der Waals surface area contributed by atoms with Crippen molar-refractivity contribution in [2.75, 3.05) is 0 Å². The Morgan fingerprint density at radius 2 is 1.65 bits per heavy atom. The highest BCUT2D eigenvalue weighted by molar-refractivity contribution is 7.90. The van der Waals surface area contributed by atoms with E-state index in [2.05, 4.69) is 0 Å². The molecule has 0 N–H and O–H groups in total. The molecule has 0 saturated heterocycles. The first-order valence-corrected chi connectivity index (χ1v) is 7.83. The second-order valence-corrected chi connectivity index (χ2v) is 6.74. The van der Waals surface area contributed by atoms with Crippen LogP contribution in [0.3, 0.4) is 0 Å². The van der Waals surface area contributed by atoms with Gasteiger partial charge in [-0.2, -0.15) is 0 Å². The quantitative estimate of drug-likeness (QED) is 0.723. The molecule has 0 radical (unpaired) electrons. The molecule has 0 amide bonds. The minimum atomic E-state index is -3.54. The van der Waals surface area contributed by atoms with E-state index in [0.29, 0.717) is 10.4 Å². The van der Waals surface area contributed by atoms with Crippen molar-refractivity contribution in [2.45, 2.75) is 18.7 Å². The van der Waals surface area contributed by atoms with Crippen molar-refractivity contribution in [1.29, 1.82) is 0 Å². The molecule has 0 aliphatic rings. The van der Waals surface area contributed by atoms with E-state index < -0.39 is 10.0 Å². The fourth-order valence-electron chi connectivity index (χ4n) is 2.25. The molecule has 0 spiro atoms. The monoisotopic (exact) mass is 285 g/mol. The lowest BCUT2D eigenvalue weighted by Crippen LogP contribution is -2.12. The van der Waals surface area contributed by atoms with E-state index in [0.717, 1.165) is 16.5 Å². The summed E-state index contributed by atoms with van der Waals surface area (Å²) in [5, 5.41) is 0.917. The Morgan fingerprint density at radius 3 is 2.40 bits per heavy atom. The van der Waals surface area contributed by atoms with Gasteiger partial charge in [0, 0.05) is 11.6 Å². The van der Waals surface area contributed by atoms with Gasteiger partial charge >= 0.3 is 0 Å². The summed E-state index contributed by atoms with van der Waals surface area (Å²) in [6.45, 7) is 3.89. The maximum Gasteiger partial charge on any atom is 0.268 e. The molecule has 1 aromatic heterocycles. The summed E-state index contributed by atoms with van der Waals surface area (Å²) in [5.41, 5.74) is 2.76. The smallest absolute Gasteiger partial charge is 0.241 e. The van der Waals surface area contributed by atoms with Crippen LogP contribution in [-0.4, -0.2) is 12.4 Å². The van der Waals surface area contributed by atoms with Gasteiger partial charge < -0.3 is 0 Å². The van der Waals surface area contributed by atoms with Crippen LogP contribution in [0, 0.1) is 13.8 Å². The fraction of sp³-hybridized carbons (Fsp3) is 0.125. The Kier molecular flexibility index (Phi) is 2.91. The van der Waals surface area contributed by atoms with Gasteiger partial charge in [0.25, 0.3) is 10.0 Å². The van der Waals surface area contributed by atoms with E-state index in [1.54, 1.807) is 18.3 Å². The van der Waals surface area contributed by atoms with Crippen LogP contribution in [-0.2, 0) is 10.0 Å². The summed E-state index contributed by atoms with van der Waals surface area (Å²) in [6.07, 6.45) is 1.61. The molecule has 0 fully saturated rings. The molecule has 0 saturated carbocycles. The van der Waals surface area contributed by atoms with Gasteiger partial charge in [-0.15, -0.1) is 0 Å². The van der Waals surface area contributed by atoms with Crippen molar-refractivity contribution in [3.63, 3.8) is 0 Å². The van der Waals surface area contributed by atoms with Crippen LogP contribution in [0.25, 0.3) is 10.9 Å². The Labute approximate surface area is 118 Å². The number of hydrogen-bond acceptors (Lipinski definition) is 2.